The molecule has 0 heterocycles. The van der Waals surface area contributed by atoms with Crippen LogP contribution in [0.3, 0.4) is 0 Å². The fraction of sp³-hybridized carbons (Fsp3) is 0.611. The molecule has 0 aliphatic heterocycles. The van der Waals surface area contributed by atoms with Crippen LogP contribution in [-0.2, 0) is 14.8 Å². The van der Waals surface area contributed by atoms with E-state index in [0.29, 0.717) is 24.8 Å². The first-order chi connectivity index (χ1) is 12.7. The van der Waals surface area contributed by atoms with Crippen molar-refractivity contribution in [3.8, 4) is 0 Å². The summed E-state index contributed by atoms with van der Waals surface area (Å²) in [6.45, 7) is 3.03. The fourth-order valence-corrected chi connectivity index (χ4v) is 4.45. The van der Waals surface area contributed by atoms with Gasteiger partial charge < -0.3 is 15.4 Å². The van der Waals surface area contributed by atoms with Gasteiger partial charge in [0.05, 0.1) is 17.7 Å². The molecule has 27 heavy (non-hydrogen) atoms. The van der Waals surface area contributed by atoms with Gasteiger partial charge in [0.25, 0.3) is 0 Å². The molecular weight excluding hydrogens is 390 g/mol. The zero-order chi connectivity index (χ0) is 20.0. The Morgan fingerprint density at radius 2 is 2.00 bits per heavy atom. The Balaban J connectivity index is 1.85. The van der Waals surface area contributed by atoms with E-state index in [4.69, 9.17) is 16.3 Å². The van der Waals surface area contributed by atoms with Gasteiger partial charge in [0.15, 0.2) is 0 Å². The SMILES string of the molecule is C[C@@H]1CCCC[C@H]1OCCNC(=O)Nc1ccc(Cl)c(S(=O)(=O)N(C)C)c1. The number of carbonyl (C=O) groups excluding carboxylic acids is 1. The Morgan fingerprint density at radius 3 is 2.67 bits per heavy atom. The molecule has 1 aromatic carbocycles. The van der Waals surface area contributed by atoms with Crippen molar-refractivity contribution in [1.29, 1.82) is 0 Å². The van der Waals surface area contributed by atoms with Gasteiger partial charge >= 0.3 is 6.03 Å². The Morgan fingerprint density at radius 1 is 1.30 bits per heavy atom. The quantitative estimate of drug-likeness (QED) is 0.666. The molecular formula is C18H28ClN3O4S. The molecule has 2 rings (SSSR count). The maximum Gasteiger partial charge on any atom is 0.319 e. The highest BCUT2D eigenvalue weighted by molar-refractivity contribution is 7.89. The molecule has 2 amide bonds. The summed E-state index contributed by atoms with van der Waals surface area (Å²) in [5, 5.41) is 5.44. The number of rotatable bonds is 7. The average Bonchev–Trinajstić information content (AvgIpc) is 2.61. The minimum absolute atomic E-state index is 0.0541. The highest BCUT2D eigenvalue weighted by Crippen LogP contribution is 2.27. The van der Waals surface area contributed by atoms with Crippen molar-refractivity contribution in [1.82, 2.24) is 9.62 Å². The van der Waals surface area contributed by atoms with Gasteiger partial charge in [-0.05, 0) is 37.0 Å². The van der Waals surface area contributed by atoms with Gasteiger partial charge in [-0.2, -0.15) is 0 Å². The minimum Gasteiger partial charge on any atom is -0.376 e. The molecule has 7 nitrogen and oxygen atoms in total. The van der Waals surface area contributed by atoms with Crippen molar-refractivity contribution < 1.29 is 17.9 Å². The molecule has 0 unspecified atom stereocenters. The number of urea groups is 1. The van der Waals surface area contributed by atoms with E-state index in [1.165, 1.54) is 45.5 Å². The highest BCUT2D eigenvalue weighted by Gasteiger charge is 2.22. The number of hydrogen-bond donors (Lipinski definition) is 2. The molecule has 1 aromatic rings. The van der Waals surface area contributed by atoms with E-state index in [9.17, 15) is 13.2 Å². The van der Waals surface area contributed by atoms with Crippen molar-refractivity contribution in [3.63, 3.8) is 0 Å². The first kappa shape index (κ1) is 21.9. The number of amides is 2. The largest absolute Gasteiger partial charge is 0.376 e. The summed E-state index contributed by atoms with van der Waals surface area (Å²) in [7, 11) is -0.850. The van der Waals surface area contributed by atoms with Gasteiger partial charge in [0.1, 0.15) is 4.90 Å². The summed E-state index contributed by atoms with van der Waals surface area (Å²) < 4.78 is 31.5. The van der Waals surface area contributed by atoms with Crippen LogP contribution >= 0.6 is 11.6 Å². The summed E-state index contributed by atoms with van der Waals surface area (Å²) in [6, 6.07) is 3.92. The monoisotopic (exact) mass is 417 g/mol. The first-order valence-electron chi connectivity index (χ1n) is 9.10. The lowest BCUT2D eigenvalue weighted by Gasteiger charge is -2.28. The molecule has 152 valence electrons. The van der Waals surface area contributed by atoms with E-state index < -0.39 is 16.1 Å². The molecule has 2 atom stereocenters. The van der Waals surface area contributed by atoms with Crippen molar-refractivity contribution in [2.75, 3.05) is 32.6 Å². The number of anilines is 1. The predicted molar refractivity (Wildman–Crippen MR) is 107 cm³/mol. The van der Waals surface area contributed by atoms with Crippen LogP contribution in [0.4, 0.5) is 10.5 Å². The Bertz CT molecular complexity index is 755. The number of hydrogen-bond acceptors (Lipinski definition) is 4. The van der Waals surface area contributed by atoms with Gasteiger partial charge in [-0.15, -0.1) is 0 Å². The van der Waals surface area contributed by atoms with Crippen LogP contribution in [0.5, 0.6) is 0 Å². The first-order valence-corrected chi connectivity index (χ1v) is 10.9. The number of halogens is 1. The van der Waals surface area contributed by atoms with E-state index in [1.54, 1.807) is 6.07 Å². The maximum atomic E-state index is 12.3. The molecule has 0 saturated heterocycles. The molecule has 0 spiro atoms. The summed E-state index contributed by atoms with van der Waals surface area (Å²) >= 11 is 6.00. The second kappa shape index (κ2) is 9.73. The van der Waals surface area contributed by atoms with Crippen LogP contribution in [-0.4, -0.2) is 52.1 Å². The number of carbonyl (C=O) groups is 1. The van der Waals surface area contributed by atoms with E-state index >= 15 is 0 Å². The Kier molecular flexibility index (Phi) is 7.91. The van der Waals surface area contributed by atoms with Gasteiger partial charge in [-0.25, -0.2) is 17.5 Å². The maximum absolute atomic E-state index is 12.3. The minimum atomic E-state index is -3.69. The van der Waals surface area contributed by atoms with Crippen LogP contribution in [0.2, 0.25) is 5.02 Å². The van der Waals surface area contributed by atoms with Crippen molar-refractivity contribution in [2.45, 2.75) is 43.6 Å². The van der Waals surface area contributed by atoms with Crippen LogP contribution in [0.1, 0.15) is 32.6 Å². The lowest BCUT2D eigenvalue weighted by molar-refractivity contribution is -0.00232. The summed E-state index contributed by atoms with van der Waals surface area (Å²) in [6.07, 6.45) is 4.97. The van der Waals surface area contributed by atoms with Crippen molar-refractivity contribution in [2.24, 2.45) is 5.92 Å². The molecule has 2 N–H and O–H groups in total. The zero-order valence-electron chi connectivity index (χ0n) is 16.0. The number of nitrogens with one attached hydrogen (secondary N) is 2. The van der Waals surface area contributed by atoms with E-state index in [-0.39, 0.29) is 16.0 Å². The fourth-order valence-electron chi connectivity index (χ4n) is 3.06. The third-order valence-electron chi connectivity index (χ3n) is 4.70. The lowest BCUT2D eigenvalue weighted by Crippen LogP contribution is -2.34. The van der Waals surface area contributed by atoms with Gasteiger partial charge in [-0.3, -0.25) is 0 Å². The van der Waals surface area contributed by atoms with Crippen LogP contribution < -0.4 is 10.6 Å². The van der Waals surface area contributed by atoms with Gasteiger partial charge in [0.2, 0.25) is 10.0 Å². The third kappa shape index (κ3) is 6.07. The number of ether oxygens (including phenoxy) is 1. The molecule has 1 aliphatic rings. The summed E-state index contributed by atoms with van der Waals surface area (Å²) in [5.74, 6) is 0.554. The molecule has 0 bridgehead atoms. The lowest BCUT2D eigenvalue weighted by atomic mass is 9.88. The number of benzene rings is 1. The van der Waals surface area contributed by atoms with E-state index in [1.807, 2.05) is 0 Å². The van der Waals surface area contributed by atoms with Crippen molar-refractivity contribution >= 4 is 33.3 Å². The zero-order valence-corrected chi connectivity index (χ0v) is 17.6. The molecule has 1 aliphatic carbocycles. The van der Waals surface area contributed by atoms with Gasteiger partial charge in [0, 0.05) is 26.3 Å². The summed E-state index contributed by atoms with van der Waals surface area (Å²) in [4.78, 5) is 12.0. The van der Waals surface area contributed by atoms with Crippen LogP contribution in [0.15, 0.2) is 23.1 Å². The van der Waals surface area contributed by atoms with Crippen LogP contribution in [0, 0.1) is 5.92 Å². The Hall–Kier alpha value is -1.35. The molecule has 9 heteroatoms. The number of sulfonamides is 1. The summed E-state index contributed by atoms with van der Waals surface area (Å²) in [5.41, 5.74) is 0.346. The van der Waals surface area contributed by atoms with E-state index in [2.05, 4.69) is 17.6 Å². The molecule has 1 fully saturated rings. The highest BCUT2D eigenvalue weighted by atomic mass is 35.5. The smallest absolute Gasteiger partial charge is 0.319 e. The normalized spacial score (nSPS) is 20.5. The Labute approximate surface area is 166 Å². The molecule has 0 radical (unpaired) electrons. The average molecular weight is 418 g/mol. The topological polar surface area (TPSA) is 87.7 Å². The van der Waals surface area contributed by atoms with E-state index in [0.717, 1.165) is 10.7 Å². The number of nitrogens with zero attached hydrogens (tertiary/aromatic N) is 1. The second-order valence-electron chi connectivity index (χ2n) is 6.98. The third-order valence-corrected chi connectivity index (χ3v) is 7.00. The van der Waals surface area contributed by atoms with Crippen molar-refractivity contribution in [3.05, 3.63) is 23.2 Å². The predicted octanol–water partition coefficient (Wildman–Crippen LogP) is 3.31. The molecule has 1 saturated carbocycles. The molecule has 0 aromatic heterocycles. The van der Waals surface area contributed by atoms with Crippen LogP contribution in [0.25, 0.3) is 0 Å². The standard InChI is InChI=1S/C18H28ClN3O4S/c1-13-6-4-5-7-16(13)26-11-10-20-18(23)21-14-8-9-15(19)17(12-14)27(24,25)22(2)3/h8-9,12-13,16H,4-7,10-11H2,1-3H3,(H2,20,21,23)/t13-,16-/m1/s1. The second-order valence-corrected chi connectivity index (χ2v) is 9.51. The van der Waals surface area contributed by atoms with Gasteiger partial charge in [-0.1, -0.05) is 31.4 Å².